The van der Waals surface area contributed by atoms with Crippen molar-refractivity contribution in [3.8, 4) is 0 Å². The van der Waals surface area contributed by atoms with Gasteiger partial charge in [-0.2, -0.15) is 4.31 Å². The lowest BCUT2D eigenvalue weighted by molar-refractivity contribution is 0.0339. The fraction of sp³-hybridized carbons (Fsp3) is 0.462. The van der Waals surface area contributed by atoms with Gasteiger partial charge in [-0.25, -0.2) is 17.2 Å². The molecule has 198 valence electrons. The molecule has 11 heteroatoms. The van der Waals surface area contributed by atoms with Gasteiger partial charge in [0, 0.05) is 36.9 Å². The third-order valence-electron chi connectivity index (χ3n) is 7.58. The first kappa shape index (κ1) is 25.9. The van der Waals surface area contributed by atoms with E-state index in [1.807, 2.05) is 25.1 Å². The number of halogens is 2. The summed E-state index contributed by atoms with van der Waals surface area (Å²) >= 11 is 0. The average Bonchev–Trinajstić information content (AvgIpc) is 3.42. The van der Waals surface area contributed by atoms with Crippen molar-refractivity contribution in [3.05, 3.63) is 82.9 Å². The molecule has 2 aliphatic rings. The molecular weight excluding hydrogens is 500 g/mol. The zero-order chi connectivity index (χ0) is 26.0. The van der Waals surface area contributed by atoms with Crippen LogP contribution in [0.1, 0.15) is 60.4 Å². The van der Waals surface area contributed by atoms with E-state index in [2.05, 4.69) is 20.5 Å². The Balaban J connectivity index is 1.43. The van der Waals surface area contributed by atoms with Gasteiger partial charge in [0.2, 0.25) is 10.0 Å². The summed E-state index contributed by atoms with van der Waals surface area (Å²) in [5.74, 6) is -0.626. The van der Waals surface area contributed by atoms with E-state index in [4.69, 9.17) is 4.74 Å². The van der Waals surface area contributed by atoms with Crippen LogP contribution in [0.4, 0.5) is 8.78 Å². The van der Waals surface area contributed by atoms with Crippen molar-refractivity contribution in [1.82, 2.24) is 24.8 Å². The topological polar surface area (TPSA) is 100 Å². The molecule has 2 atom stereocenters. The van der Waals surface area contributed by atoms with Gasteiger partial charge >= 0.3 is 0 Å². The lowest BCUT2D eigenvalue weighted by Gasteiger charge is -2.39. The summed E-state index contributed by atoms with van der Waals surface area (Å²) in [7, 11) is -3.77. The summed E-state index contributed by atoms with van der Waals surface area (Å²) in [6.07, 6.45) is 3.48. The van der Waals surface area contributed by atoms with Crippen LogP contribution >= 0.6 is 0 Å². The maximum atomic E-state index is 15.7. The van der Waals surface area contributed by atoms with E-state index >= 15 is 8.78 Å². The molecule has 0 saturated carbocycles. The van der Waals surface area contributed by atoms with Gasteiger partial charge in [0.1, 0.15) is 29.0 Å². The first-order valence-corrected chi connectivity index (χ1v) is 14.0. The summed E-state index contributed by atoms with van der Waals surface area (Å²) in [6.45, 7) is 2.68. The Morgan fingerprint density at radius 2 is 1.89 bits per heavy atom. The molecule has 3 heterocycles. The van der Waals surface area contributed by atoms with Crippen LogP contribution in [-0.4, -0.2) is 47.2 Å². The fourth-order valence-electron chi connectivity index (χ4n) is 5.43. The van der Waals surface area contributed by atoms with E-state index in [-0.39, 0.29) is 23.7 Å². The third kappa shape index (κ3) is 5.18. The average molecular weight is 532 g/mol. The van der Waals surface area contributed by atoms with Crippen LogP contribution in [0.25, 0.3) is 0 Å². The number of hydrogen-bond donors (Lipinski definition) is 2. The van der Waals surface area contributed by atoms with Gasteiger partial charge in [-0.1, -0.05) is 30.3 Å². The number of benzene rings is 2. The van der Waals surface area contributed by atoms with Crippen molar-refractivity contribution in [2.24, 2.45) is 0 Å². The lowest BCUT2D eigenvalue weighted by atomic mass is 9.81. The first-order chi connectivity index (χ1) is 17.8. The zero-order valence-electron chi connectivity index (χ0n) is 20.7. The number of aromatic amines is 1. The predicted octanol–water partition coefficient (Wildman–Crippen LogP) is 3.93. The normalized spacial score (nSPS) is 23.6. The van der Waals surface area contributed by atoms with Crippen molar-refractivity contribution in [3.63, 3.8) is 0 Å². The molecule has 2 fully saturated rings. The van der Waals surface area contributed by atoms with Gasteiger partial charge in [-0.05, 0) is 50.3 Å². The van der Waals surface area contributed by atoms with E-state index in [9.17, 15) is 8.42 Å². The molecule has 0 bridgehead atoms. The molecular formula is C26H31F2N5O3S. The van der Waals surface area contributed by atoms with Crippen molar-refractivity contribution in [2.45, 2.75) is 62.5 Å². The Kier molecular flexibility index (Phi) is 7.39. The number of rotatable bonds is 7. The molecule has 0 spiro atoms. The van der Waals surface area contributed by atoms with Crippen LogP contribution in [-0.2, 0) is 33.4 Å². The number of H-pyrrole nitrogens is 1. The summed E-state index contributed by atoms with van der Waals surface area (Å²) in [6, 6.07) is 11.1. The van der Waals surface area contributed by atoms with E-state index in [1.54, 1.807) is 12.1 Å². The van der Waals surface area contributed by atoms with Gasteiger partial charge in [-0.3, -0.25) is 0 Å². The molecule has 8 nitrogen and oxygen atoms in total. The van der Waals surface area contributed by atoms with Gasteiger partial charge in [0.25, 0.3) is 0 Å². The zero-order valence-corrected chi connectivity index (χ0v) is 21.5. The maximum absolute atomic E-state index is 15.7. The van der Waals surface area contributed by atoms with Crippen molar-refractivity contribution < 1.29 is 21.9 Å². The van der Waals surface area contributed by atoms with Gasteiger partial charge in [-0.15, -0.1) is 10.2 Å². The van der Waals surface area contributed by atoms with Crippen LogP contribution in [0.2, 0.25) is 0 Å². The summed E-state index contributed by atoms with van der Waals surface area (Å²) < 4.78 is 65.1. The Morgan fingerprint density at radius 3 is 2.59 bits per heavy atom. The summed E-state index contributed by atoms with van der Waals surface area (Å²) in [5.41, 5.74) is 0.0778. The molecule has 5 rings (SSSR count). The monoisotopic (exact) mass is 531 g/mol. The quantitative estimate of drug-likeness (QED) is 0.479. The Bertz CT molecular complexity index is 1320. The van der Waals surface area contributed by atoms with Crippen LogP contribution in [0.3, 0.4) is 0 Å². The number of nitrogens with one attached hydrogen (secondary N) is 2. The molecule has 0 radical (unpaired) electrons. The van der Waals surface area contributed by atoms with E-state index in [0.717, 1.165) is 6.07 Å². The first-order valence-electron chi connectivity index (χ1n) is 12.5. The number of hydrogen-bond acceptors (Lipinski definition) is 6. The minimum absolute atomic E-state index is 0.0165. The number of sulfonamides is 1. The second kappa shape index (κ2) is 10.6. The minimum atomic E-state index is -3.77. The molecule has 0 amide bonds. The molecule has 2 aromatic carbocycles. The maximum Gasteiger partial charge on any atom is 0.221 e. The Morgan fingerprint density at radius 1 is 1.14 bits per heavy atom. The van der Waals surface area contributed by atoms with Gasteiger partial charge in [0.15, 0.2) is 0 Å². The molecule has 3 aromatic rings. The number of nitrogens with zero attached hydrogens (tertiary/aromatic N) is 3. The standard InChI is InChI=1S/C26H31F2N5O3S/c1-18-7-8-24(19-5-3-2-4-6-19)37(34,35)33(18)16-20-13-23(28)21(14-22(20)27)26(9-11-36-12-10-26)30-15-25-29-17-31-32-25/h2-6,13-14,17-18,24,30H,7-12,15-16H2,1H3,(H,29,31,32)/t18-,24+/m0/s1. The van der Waals surface area contributed by atoms with Crippen molar-refractivity contribution in [2.75, 3.05) is 13.2 Å². The Labute approximate surface area is 215 Å². The van der Waals surface area contributed by atoms with Crippen LogP contribution in [0, 0.1) is 11.6 Å². The summed E-state index contributed by atoms with van der Waals surface area (Å²) in [5, 5.41) is 10.4. The number of ether oxygens (including phenoxy) is 1. The van der Waals surface area contributed by atoms with Crippen molar-refractivity contribution >= 4 is 10.0 Å². The molecule has 1 aromatic heterocycles. The highest BCUT2D eigenvalue weighted by Gasteiger charge is 2.42. The van der Waals surface area contributed by atoms with Gasteiger partial charge < -0.3 is 15.0 Å². The SMILES string of the molecule is C[C@H]1CC[C@H](c2ccccc2)S(=O)(=O)N1Cc1cc(F)c(C2(NCc3nnc[nH]3)CCOCC2)cc1F. The highest BCUT2D eigenvalue weighted by atomic mass is 32.2. The summed E-state index contributed by atoms with van der Waals surface area (Å²) in [4.78, 5) is 2.91. The third-order valence-corrected chi connectivity index (χ3v) is 9.95. The van der Waals surface area contributed by atoms with E-state index in [1.165, 1.54) is 16.7 Å². The van der Waals surface area contributed by atoms with E-state index < -0.39 is 32.4 Å². The molecule has 0 unspecified atom stereocenters. The van der Waals surface area contributed by atoms with Crippen LogP contribution in [0.15, 0.2) is 48.8 Å². The largest absolute Gasteiger partial charge is 0.381 e. The molecule has 37 heavy (non-hydrogen) atoms. The van der Waals surface area contributed by atoms with Crippen LogP contribution < -0.4 is 5.32 Å². The smallest absolute Gasteiger partial charge is 0.221 e. The lowest BCUT2D eigenvalue weighted by Crippen LogP contribution is -2.47. The second-order valence-corrected chi connectivity index (χ2v) is 11.9. The second-order valence-electron chi connectivity index (χ2n) is 9.82. The number of aromatic nitrogens is 3. The highest BCUT2D eigenvalue weighted by Crippen LogP contribution is 2.39. The molecule has 2 N–H and O–H groups in total. The van der Waals surface area contributed by atoms with Crippen LogP contribution in [0.5, 0.6) is 0 Å². The molecule has 2 aliphatic heterocycles. The molecule has 2 saturated heterocycles. The minimum Gasteiger partial charge on any atom is -0.381 e. The molecule has 0 aliphatic carbocycles. The predicted molar refractivity (Wildman–Crippen MR) is 134 cm³/mol. The van der Waals surface area contributed by atoms with E-state index in [0.29, 0.717) is 56.8 Å². The van der Waals surface area contributed by atoms with Gasteiger partial charge in [0.05, 0.1) is 12.1 Å². The Hall–Kier alpha value is -2.73. The fourth-order valence-corrected chi connectivity index (χ4v) is 7.61. The highest BCUT2D eigenvalue weighted by molar-refractivity contribution is 7.89. The van der Waals surface area contributed by atoms with Crippen molar-refractivity contribution in [1.29, 1.82) is 0 Å².